The fraction of sp³-hybridized carbons (Fsp3) is 0.524. The van der Waals surface area contributed by atoms with Crippen LogP contribution in [0.2, 0.25) is 0 Å². The summed E-state index contributed by atoms with van der Waals surface area (Å²) in [5.41, 5.74) is 4.12. The molecule has 0 bridgehead atoms. The number of anilines is 1. The fourth-order valence-corrected chi connectivity index (χ4v) is 3.71. The predicted molar refractivity (Wildman–Crippen MR) is 106 cm³/mol. The largest absolute Gasteiger partial charge is 0.444 e. The molecule has 1 saturated heterocycles. The van der Waals surface area contributed by atoms with Gasteiger partial charge in [-0.15, -0.1) is 0 Å². The van der Waals surface area contributed by atoms with Gasteiger partial charge >= 0.3 is 6.09 Å². The maximum absolute atomic E-state index is 12.6. The molecule has 28 heavy (non-hydrogen) atoms. The first-order valence-electron chi connectivity index (χ1n) is 9.80. The monoisotopic (exact) mass is 384 g/mol. The van der Waals surface area contributed by atoms with Gasteiger partial charge in [-0.3, -0.25) is 4.90 Å². The van der Waals surface area contributed by atoms with E-state index in [2.05, 4.69) is 22.4 Å². The van der Waals surface area contributed by atoms with Crippen molar-refractivity contribution >= 4 is 11.8 Å². The Morgan fingerprint density at radius 1 is 1.36 bits per heavy atom. The Balaban J connectivity index is 1.58. The topological polar surface area (TPSA) is 68.6 Å². The number of amides is 1. The van der Waals surface area contributed by atoms with Gasteiger partial charge in [-0.1, -0.05) is 6.07 Å². The van der Waals surface area contributed by atoms with E-state index in [1.165, 1.54) is 16.7 Å². The van der Waals surface area contributed by atoms with E-state index in [4.69, 9.17) is 9.47 Å². The molecule has 3 heterocycles. The number of hydrogen-bond donors (Lipinski definition) is 1. The van der Waals surface area contributed by atoms with Gasteiger partial charge < -0.3 is 19.4 Å². The van der Waals surface area contributed by atoms with E-state index in [0.29, 0.717) is 19.1 Å². The van der Waals surface area contributed by atoms with Crippen LogP contribution in [0.25, 0.3) is 0 Å². The van der Waals surface area contributed by atoms with Crippen LogP contribution in [0.5, 0.6) is 0 Å². The molecule has 0 unspecified atom stereocenters. The fourth-order valence-electron chi connectivity index (χ4n) is 3.71. The Bertz CT molecular complexity index is 836. The molecular formula is C21H28N4O3. The first-order chi connectivity index (χ1) is 13.4. The maximum Gasteiger partial charge on any atom is 0.410 e. The number of hydrogen-bond acceptors (Lipinski definition) is 5. The third-order valence-corrected chi connectivity index (χ3v) is 4.98. The second-order valence-corrected chi connectivity index (χ2v) is 8.56. The lowest BCUT2D eigenvalue weighted by atomic mass is 10.0. The Labute approximate surface area is 165 Å². The summed E-state index contributed by atoms with van der Waals surface area (Å²) < 4.78 is 13.1. The van der Waals surface area contributed by atoms with Crippen LogP contribution in [0.15, 0.2) is 30.9 Å². The van der Waals surface area contributed by atoms with Gasteiger partial charge in [0.25, 0.3) is 0 Å². The highest BCUT2D eigenvalue weighted by molar-refractivity contribution is 5.71. The third kappa shape index (κ3) is 4.30. The van der Waals surface area contributed by atoms with Crippen molar-refractivity contribution in [2.45, 2.75) is 58.5 Å². The van der Waals surface area contributed by atoms with Gasteiger partial charge in [-0.05, 0) is 49.9 Å². The molecule has 1 amide bonds. The minimum absolute atomic E-state index is 0.269. The van der Waals surface area contributed by atoms with Crippen molar-refractivity contribution in [3.8, 4) is 0 Å². The zero-order valence-electron chi connectivity index (χ0n) is 16.8. The van der Waals surface area contributed by atoms with Crippen molar-refractivity contribution in [2.75, 3.05) is 18.5 Å². The summed E-state index contributed by atoms with van der Waals surface area (Å²) >= 11 is 0. The molecule has 0 saturated carbocycles. The SMILES string of the molecule is CC(C)(C)OC(=O)N1Cc2cc(Cn3ccnc3)cc(N[C@H]3CCOC3)c2C1. The van der Waals surface area contributed by atoms with Gasteiger partial charge in [0.2, 0.25) is 0 Å². The van der Waals surface area contributed by atoms with Gasteiger partial charge in [0.05, 0.1) is 25.5 Å². The number of carbonyl (C=O) groups excluding carboxylic acids is 1. The Hall–Kier alpha value is -2.54. The lowest BCUT2D eigenvalue weighted by Gasteiger charge is -2.24. The molecule has 1 fully saturated rings. The van der Waals surface area contributed by atoms with Crippen molar-refractivity contribution < 1.29 is 14.3 Å². The van der Waals surface area contributed by atoms with Crippen molar-refractivity contribution in [3.63, 3.8) is 0 Å². The van der Waals surface area contributed by atoms with E-state index in [9.17, 15) is 4.79 Å². The number of benzene rings is 1. The first kappa shape index (κ1) is 18.8. The van der Waals surface area contributed by atoms with Gasteiger partial charge in [0, 0.05) is 37.8 Å². The number of nitrogens with zero attached hydrogens (tertiary/aromatic N) is 3. The molecule has 150 valence electrons. The molecule has 0 radical (unpaired) electrons. The molecule has 1 N–H and O–H groups in total. The first-order valence-corrected chi connectivity index (χ1v) is 9.80. The molecule has 2 aromatic rings. The van der Waals surface area contributed by atoms with Crippen LogP contribution in [0, 0.1) is 0 Å². The van der Waals surface area contributed by atoms with E-state index in [-0.39, 0.29) is 6.09 Å². The number of rotatable bonds is 4. The van der Waals surface area contributed by atoms with Gasteiger partial charge in [0.15, 0.2) is 0 Å². The molecule has 2 aliphatic heterocycles. The second-order valence-electron chi connectivity index (χ2n) is 8.56. The molecule has 1 atom stereocenters. The molecule has 1 aromatic heterocycles. The molecule has 1 aromatic carbocycles. The Morgan fingerprint density at radius 2 is 2.21 bits per heavy atom. The molecule has 7 nitrogen and oxygen atoms in total. The Morgan fingerprint density at radius 3 is 2.89 bits per heavy atom. The Kier molecular flexibility index (Phi) is 5.02. The summed E-state index contributed by atoms with van der Waals surface area (Å²) in [5, 5.41) is 3.64. The standard InChI is InChI=1S/C21H28N4O3/c1-21(2,3)28-20(26)25-11-16-8-15(10-24-6-5-22-14-24)9-19(18(16)12-25)23-17-4-7-27-13-17/h5-6,8-9,14,17,23H,4,7,10-13H2,1-3H3/t17-/m0/s1. The predicted octanol–water partition coefficient (Wildman–Crippen LogP) is 3.38. The second kappa shape index (κ2) is 7.47. The number of nitrogens with one attached hydrogen (secondary N) is 1. The zero-order chi connectivity index (χ0) is 19.7. The highest BCUT2D eigenvalue weighted by Gasteiger charge is 2.30. The summed E-state index contributed by atoms with van der Waals surface area (Å²) in [5.74, 6) is 0. The minimum Gasteiger partial charge on any atom is -0.444 e. The van der Waals surface area contributed by atoms with Crippen molar-refractivity contribution in [1.29, 1.82) is 0 Å². The van der Waals surface area contributed by atoms with Gasteiger partial charge in [0.1, 0.15) is 5.60 Å². The minimum atomic E-state index is -0.499. The van der Waals surface area contributed by atoms with Crippen LogP contribution < -0.4 is 5.32 Å². The van der Waals surface area contributed by atoms with E-state index >= 15 is 0 Å². The van der Waals surface area contributed by atoms with Crippen LogP contribution in [0.3, 0.4) is 0 Å². The van der Waals surface area contributed by atoms with Gasteiger partial charge in [-0.25, -0.2) is 9.78 Å². The molecule has 0 spiro atoms. The van der Waals surface area contributed by atoms with Crippen LogP contribution in [-0.4, -0.2) is 45.4 Å². The van der Waals surface area contributed by atoms with E-state index < -0.39 is 5.60 Å². The number of carbonyl (C=O) groups is 1. The van der Waals surface area contributed by atoms with Crippen LogP contribution in [0.4, 0.5) is 10.5 Å². The van der Waals surface area contributed by atoms with E-state index in [0.717, 1.165) is 31.9 Å². The van der Waals surface area contributed by atoms with Crippen molar-refractivity contribution in [1.82, 2.24) is 14.5 Å². The van der Waals surface area contributed by atoms with Gasteiger partial charge in [-0.2, -0.15) is 0 Å². The summed E-state index contributed by atoms with van der Waals surface area (Å²) in [4.78, 5) is 18.5. The van der Waals surface area contributed by atoms with E-state index in [1.54, 1.807) is 11.1 Å². The average molecular weight is 384 g/mol. The molecular weight excluding hydrogens is 356 g/mol. The summed E-state index contributed by atoms with van der Waals surface area (Å²) in [7, 11) is 0. The zero-order valence-corrected chi connectivity index (χ0v) is 16.8. The number of fused-ring (bicyclic) bond motifs is 1. The molecule has 2 aliphatic rings. The van der Waals surface area contributed by atoms with Crippen LogP contribution >= 0.6 is 0 Å². The smallest absolute Gasteiger partial charge is 0.410 e. The van der Waals surface area contributed by atoms with Crippen LogP contribution in [-0.2, 0) is 29.1 Å². The molecule has 4 rings (SSSR count). The van der Waals surface area contributed by atoms with Crippen molar-refractivity contribution in [3.05, 3.63) is 47.5 Å². The lowest BCUT2D eigenvalue weighted by Crippen LogP contribution is -2.33. The number of imidazole rings is 1. The van der Waals surface area contributed by atoms with Crippen molar-refractivity contribution in [2.24, 2.45) is 0 Å². The maximum atomic E-state index is 12.6. The number of ether oxygens (including phenoxy) is 2. The summed E-state index contributed by atoms with van der Waals surface area (Å²) in [6.45, 7) is 9.06. The average Bonchev–Trinajstić information content (AvgIpc) is 3.34. The lowest BCUT2D eigenvalue weighted by molar-refractivity contribution is 0.0242. The summed E-state index contributed by atoms with van der Waals surface area (Å²) in [6, 6.07) is 4.69. The molecule has 7 heteroatoms. The quantitative estimate of drug-likeness (QED) is 0.875. The normalized spacial score (nSPS) is 19.0. The third-order valence-electron chi connectivity index (χ3n) is 4.98. The van der Waals surface area contributed by atoms with E-state index in [1.807, 2.05) is 37.9 Å². The summed E-state index contributed by atoms with van der Waals surface area (Å²) in [6.07, 6.45) is 6.29. The molecule has 0 aliphatic carbocycles. The van der Waals surface area contributed by atoms with Crippen LogP contribution in [0.1, 0.15) is 43.9 Å². The number of aromatic nitrogens is 2. The highest BCUT2D eigenvalue weighted by atomic mass is 16.6. The highest BCUT2D eigenvalue weighted by Crippen LogP contribution is 2.33.